The third-order valence-electron chi connectivity index (χ3n) is 3.89. The van der Waals surface area contributed by atoms with E-state index in [0.717, 1.165) is 31.2 Å². The molecule has 0 atom stereocenters. The first kappa shape index (κ1) is 19.3. The fourth-order valence-electron chi connectivity index (χ4n) is 2.65. The van der Waals surface area contributed by atoms with Crippen molar-refractivity contribution in [2.45, 2.75) is 71.1 Å². The molecule has 1 aromatic rings. The van der Waals surface area contributed by atoms with Gasteiger partial charge in [-0.05, 0) is 56.2 Å². The Hall–Kier alpha value is -1.70. The van der Waals surface area contributed by atoms with Crippen LogP contribution in [-0.4, -0.2) is 10.2 Å². The molecule has 0 aromatic heterocycles. The molecule has 23 heavy (non-hydrogen) atoms. The summed E-state index contributed by atoms with van der Waals surface area (Å²) in [7, 11) is 0. The monoisotopic (exact) mass is 316 g/mol. The number of allylic oxidation sites excluding steroid dienone is 4. The smallest absolute Gasteiger partial charge is 0.119 e. The molecule has 2 heteroatoms. The molecule has 0 aliphatic heterocycles. The second kappa shape index (κ2) is 12.8. The number of hydrogen-bond acceptors (Lipinski definition) is 2. The number of phenols is 2. The van der Waals surface area contributed by atoms with Crippen molar-refractivity contribution in [1.29, 1.82) is 0 Å². The Labute approximate surface area is 141 Å². The predicted octanol–water partition coefficient (Wildman–Crippen LogP) is 6.28. The highest BCUT2D eigenvalue weighted by atomic mass is 16.3. The van der Waals surface area contributed by atoms with Crippen LogP contribution < -0.4 is 0 Å². The van der Waals surface area contributed by atoms with Crippen molar-refractivity contribution < 1.29 is 10.2 Å². The zero-order valence-electron chi connectivity index (χ0n) is 14.5. The molecule has 0 aliphatic carbocycles. The van der Waals surface area contributed by atoms with Gasteiger partial charge < -0.3 is 10.2 Å². The van der Waals surface area contributed by atoms with Crippen LogP contribution >= 0.6 is 0 Å². The Morgan fingerprint density at radius 2 is 1.35 bits per heavy atom. The molecule has 0 heterocycles. The van der Waals surface area contributed by atoms with Gasteiger partial charge in [-0.25, -0.2) is 0 Å². The molecule has 0 bridgehead atoms. The van der Waals surface area contributed by atoms with E-state index < -0.39 is 0 Å². The Morgan fingerprint density at radius 3 is 2.04 bits per heavy atom. The summed E-state index contributed by atoms with van der Waals surface area (Å²) in [4.78, 5) is 0. The van der Waals surface area contributed by atoms with E-state index in [4.69, 9.17) is 0 Å². The van der Waals surface area contributed by atoms with E-state index in [1.807, 2.05) is 0 Å². The van der Waals surface area contributed by atoms with E-state index >= 15 is 0 Å². The summed E-state index contributed by atoms with van der Waals surface area (Å²) in [5, 5.41) is 18.9. The maximum atomic E-state index is 9.43. The van der Waals surface area contributed by atoms with Gasteiger partial charge in [-0.15, -0.1) is 0 Å². The molecule has 1 rings (SSSR count). The Bertz CT molecular complexity index is 454. The van der Waals surface area contributed by atoms with Gasteiger partial charge in [0.2, 0.25) is 0 Å². The van der Waals surface area contributed by atoms with E-state index in [2.05, 4.69) is 31.2 Å². The van der Waals surface area contributed by atoms with Crippen molar-refractivity contribution in [3.05, 3.63) is 48.1 Å². The van der Waals surface area contributed by atoms with Gasteiger partial charge in [0.05, 0.1) is 0 Å². The third-order valence-corrected chi connectivity index (χ3v) is 3.89. The summed E-state index contributed by atoms with van der Waals surface area (Å²) in [5.74, 6) is 0.302. The van der Waals surface area contributed by atoms with Crippen LogP contribution in [0.5, 0.6) is 11.5 Å². The van der Waals surface area contributed by atoms with Crippen LogP contribution in [0.1, 0.15) is 70.3 Å². The molecule has 0 saturated carbocycles. The van der Waals surface area contributed by atoms with Crippen molar-refractivity contribution in [3.8, 4) is 11.5 Å². The molecule has 0 unspecified atom stereocenters. The van der Waals surface area contributed by atoms with Gasteiger partial charge in [0.25, 0.3) is 0 Å². The van der Waals surface area contributed by atoms with Crippen LogP contribution in [0.25, 0.3) is 0 Å². The highest BCUT2D eigenvalue weighted by Gasteiger charge is 1.99. The second-order valence-corrected chi connectivity index (χ2v) is 6.10. The van der Waals surface area contributed by atoms with Crippen LogP contribution in [0.15, 0.2) is 42.5 Å². The number of rotatable bonds is 12. The van der Waals surface area contributed by atoms with E-state index in [1.54, 1.807) is 12.1 Å². The van der Waals surface area contributed by atoms with Gasteiger partial charge >= 0.3 is 0 Å². The van der Waals surface area contributed by atoms with Crippen molar-refractivity contribution in [3.63, 3.8) is 0 Å². The summed E-state index contributed by atoms with van der Waals surface area (Å²) in [6.07, 6.45) is 20.8. The first-order chi connectivity index (χ1) is 11.2. The lowest BCUT2D eigenvalue weighted by atomic mass is 10.0. The molecule has 0 aliphatic rings. The summed E-state index contributed by atoms with van der Waals surface area (Å²) in [5.41, 5.74) is 1.02. The molecular weight excluding hydrogens is 284 g/mol. The Balaban J connectivity index is 1.94. The molecule has 2 N–H and O–H groups in total. The number of benzene rings is 1. The van der Waals surface area contributed by atoms with E-state index in [-0.39, 0.29) is 11.5 Å². The first-order valence-corrected chi connectivity index (χ1v) is 9.04. The third kappa shape index (κ3) is 10.6. The molecule has 0 fully saturated rings. The van der Waals surface area contributed by atoms with Crippen molar-refractivity contribution in [1.82, 2.24) is 0 Å². The van der Waals surface area contributed by atoms with Gasteiger partial charge in [-0.3, -0.25) is 0 Å². The van der Waals surface area contributed by atoms with Gasteiger partial charge in [0.15, 0.2) is 0 Å². The number of aryl methyl sites for hydroxylation is 1. The first-order valence-electron chi connectivity index (χ1n) is 9.04. The molecule has 0 amide bonds. The number of phenolic OH excluding ortho intramolecular Hbond substituents is 2. The number of hydrogen-bond donors (Lipinski definition) is 2. The molecule has 0 saturated heterocycles. The largest absolute Gasteiger partial charge is 0.508 e. The average Bonchev–Trinajstić information content (AvgIpc) is 2.51. The highest BCUT2D eigenvalue weighted by Crippen LogP contribution is 2.22. The van der Waals surface area contributed by atoms with Crippen LogP contribution in [0.2, 0.25) is 0 Å². The zero-order chi connectivity index (χ0) is 16.8. The maximum Gasteiger partial charge on any atom is 0.119 e. The lowest BCUT2D eigenvalue weighted by molar-refractivity contribution is 0.449. The van der Waals surface area contributed by atoms with Crippen molar-refractivity contribution >= 4 is 0 Å². The Kier molecular flexibility index (Phi) is 10.8. The molecule has 0 radical (unpaired) electrons. The standard InChI is InChI=1S/C21H32O2/c1-2-3-4-5-6-7-8-9-10-11-12-13-14-15-19-16-20(22)18-21(23)17-19/h3-4,6-7,16-18,22-23H,2,5,8-15H2,1H3/b4-3+,7-6+. The van der Waals surface area contributed by atoms with E-state index in [0.29, 0.717) is 0 Å². The van der Waals surface area contributed by atoms with Crippen molar-refractivity contribution in [2.24, 2.45) is 0 Å². The normalized spacial score (nSPS) is 11.7. The van der Waals surface area contributed by atoms with Gasteiger partial charge in [-0.2, -0.15) is 0 Å². The second-order valence-electron chi connectivity index (χ2n) is 6.10. The van der Waals surface area contributed by atoms with E-state index in [9.17, 15) is 10.2 Å². The van der Waals surface area contributed by atoms with Gasteiger partial charge in [0.1, 0.15) is 11.5 Å². The lowest BCUT2D eigenvalue weighted by Crippen LogP contribution is -1.86. The van der Waals surface area contributed by atoms with Gasteiger partial charge in [-0.1, -0.05) is 56.9 Å². The SMILES string of the molecule is CC/C=C/C/C=C/CCCCCCCCc1cc(O)cc(O)c1. The van der Waals surface area contributed by atoms with Crippen LogP contribution in [0.3, 0.4) is 0 Å². The average molecular weight is 316 g/mol. The van der Waals surface area contributed by atoms with Crippen molar-refractivity contribution in [2.75, 3.05) is 0 Å². The quantitative estimate of drug-likeness (QED) is 0.352. The number of aromatic hydroxyl groups is 2. The maximum absolute atomic E-state index is 9.43. The van der Waals surface area contributed by atoms with Crippen LogP contribution in [0, 0.1) is 0 Å². The summed E-state index contributed by atoms with van der Waals surface area (Å²) in [6.45, 7) is 2.16. The van der Waals surface area contributed by atoms with E-state index in [1.165, 1.54) is 44.6 Å². The molecular formula is C21H32O2. The highest BCUT2D eigenvalue weighted by molar-refractivity contribution is 5.36. The van der Waals surface area contributed by atoms with Crippen LogP contribution in [-0.2, 0) is 6.42 Å². The fraction of sp³-hybridized carbons (Fsp3) is 0.524. The molecule has 128 valence electrons. The minimum atomic E-state index is 0.151. The molecule has 0 spiro atoms. The topological polar surface area (TPSA) is 40.5 Å². The minimum Gasteiger partial charge on any atom is -0.508 e. The summed E-state index contributed by atoms with van der Waals surface area (Å²) >= 11 is 0. The van der Waals surface area contributed by atoms with Crippen LogP contribution in [0.4, 0.5) is 0 Å². The minimum absolute atomic E-state index is 0.151. The number of unbranched alkanes of at least 4 members (excludes halogenated alkanes) is 6. The summed E-state index contributed by atoms with van der Waals surface area (Å²) < 4.78 is 0. The van der Waals surface area contributed by atoms with Gasteiger partial charge in [0, 0.05) is 6.07 Å². The zero-order valence-corrected chi connectivity index (χ0v) is 14.5. The molecule has 1 aromatic carbocycles. The lowest BCUT2D eigenvalue weighted by Gasteiger charge is -2.04. The Morgan fingerprint density at radius 1 is 0.739 bits per heavy atom. The predicted molar refractivity (Wildman–Crippen MR) is 99.0 cm³/mol. The summed E-state index contributed by atoms with van der Waals surface area (Å²) in [6, 6.07) is 4.85. The fourth-order valence-corrected chi connectivity index (χ4v) is 2.65. The molecule has 2 nitrogen and oxygen atoms in total.